The van der Waals surface area contributed by atoms with E-state index in [1.54, 1.807) is 60.7 Å². The summed E-state index contributed by atoms with van der Waals surface area (Å²) in [4.78, 5) is 26.3. The van der Waals surface area contributed by atoms with Gasteiger partial charge in [-0.3, -0.25) is 4.79 Å². The van der Waals surface area contributed by atoms with Crippen LogP contribution in [0.15, 0.2) is 183 Å². The van der Waals surface area contributed by atoms with Gasteiger partial charge in [0.2, 0.25) is 0 Å². The second kappa shape index (κ2) is 13.3. The Hall–Kier alpha value is -7.06. The van der Waals surface area contributed by atoms with Gasteiger partial charge in [0.05, 0.1) is 11.3 Å². The van der Waals surface area contributed by atoms with Crippen LogP contribution in [0.5, 0.6) is 23.0 Å². The van der Waals surface area contributed by atoms with Gasteiger partial charge in [0, 0.05) is 12.5 Å². The monoisotopic (exact) mass is 760 g/mol. The van der Waals surface area contributed by atoms with Crippen LogP contribution < -0.4 is 14.2 Å². The summed E-state index contributed by atoms with van der Waals surface area (Å²) in [6.45, 7) is 3.50. The highest BCUT2D eigenvalue weighted by atomic mass is 16.5. The van der Waals surface area contributed by atoms with Crippen molar-refractivity contribution < 1.29 is 34.0 Å². The normalized spacial score (nSPS) is 20.1. The standard InChI is InChI=1S/C51H36O7/c1-2-47(52)57-35-24-20-32(21-25-35)50(40-16-8-6-14-38(40)39-15-7-9-17-41(39)50)33-22-26-36(27-23-33)58-48(53)46-31-49(54)42-18-10-11-19-43(42)51(46,55)44-29-28-37(30-45(44)49)56-34-12-4-3-5-13-34/h2-30,46,54-55H,1,31H2. The number of fused-ring (bicyclic) bond motifs is 4. The number of para-hydroxylation sites is 1. The molecule has 3 unspecified atom stereocenters. The number of ether oxygens (including phenoxy) is 3. The van der Waals surface area contributed by atoms with E-state index < -0.39 is 34.5 Å². The zero-order valence-electron chi connectivity index (χ0n) is 31.2. The van der Waals surface area contributed by atoms with Gasteiger partial charge >= 0.3 is 11.9 Å². The molecule has 3 atom stereocenters. The maximum atomic E-state index is 14.4. The molecule has 7 nitrogen and oxygen atoms in total. The third-order valence-corrected chi connectivity index (χ3v) is 12.0. The van der Waals surface area contributed by atoms with Crippen molar-refractivity contribution in [3.8, 4) is 34.1 Å². The second-order valence-corrected chi connectivity index (χ2v) is 15.0. The Morgan fingerprint density at radius 1 is 0.534 bits per heavy atom. The van der Waals surface area contributed by atoms with E-state index in [4.69, 9.17) is 14.2 Å². The molecule has 282 valence electrons. The molecule has 7 aromatic carbocycles. The minimum Gasteiger partial charge on any atom is -0.457 e. The molecule has 11 rings (SSSR count). The highest BCUT2D eigenvalue weighted by Crippen LogP contribution is 2.61. The van der Waals surface area contributed by atoms with Gasteiger partial charge in [0.15, 0.2) is 0 Å². The molecule has 0 saturated heterocycles. The first-order chi connectivity index (χ1) is 28.2. The number of carbonyl (C=O) groups excluding carboxylic acids is 2. The Morgan fingerprint density at radius 2 is 1.03 bits per heavy atom. The summed E-state index contributed by atoms with van der Waals surface area (Å²) in [6.07, 6.45) is 1.04. The average molecular weight is 761 g/mol. The topological polar surface area (TPSA) is 102 Å². The molecule has 0 radical (unpaired) electrons. The molecule has 58 heavy (non-hydrogen) atoms. The molecule has 0 spiro atoms. The Labute approximate surface area is 335 Å². The van der Waals surface area contributed by atoms with Crippen molar-refractivity contribution in [2.24, 2.45) is 5.92 Å². The smallest absolute Gasteiger partial charge is 0.335 e. The van der Waals surface area contributed by atoms with Gasteiger partial charge in [0.25, 0.3) is 0 Å². The fourth-order valence-electron chi connectivity index (χ4n) is 9.56. The largest absolute Gasteiger partial charge is 0.457 e. The van der Waals surface area contributed by atoms with Crippen molar-refractivity contribution in [3.05, 3.63) is 227 Å². The Bertz CT molecular complexity index is 2730. The Balaban J connectivity index is 1.01. The number of aliphatic hydroxyl groups is 2. The number of esters is 2. The minimum atomic E-state index is -1.77. The summed E-state index contributed by atoms with van der Waals surface area (Å²) in [6, 6.07) is 53.3. The van der Waals surface area contributed by atoms with Gasteiger partial charge in [0.1, 0.15) is 34.2 Å². The van der Waals surface area contributed by atoms with Crippen LogP contribution in [0.3, 0.4) is 0 Å². The minimum absolute atomic E-state index is 0.0893. The third kappa shape index (κ3) is 5.14. The van der Waals surface area contributed by atoms with Crippen molar-refractivity contribution >= 4 is 11.9 Å². The van der Waals surface area contributed by atoms with E-state index in [2.05, 4.69) is 30.8 Å². The van der Waals surface area contributed by atoms with Crippen molar-refractivity contribution in [1.29, 1.82) is 0 Å². The molecular weight excluding hydrogens is 725 g/mol. The molecule has 2 bridgehead atoms. The maximum Gasteiger partial charge on any atom is 0.335 e. The zero-order valence-corrected chi connectivity index (χ0v) is 31.2. The highest BCUT2D eigenvalue weighted by molar-refractivity contribution is 5.87. The summed E-state index contributed by atoms with van der Waals surface area (Å²) in [5.74, 6) is -0.472. The summed E-state index contributed by atoms with van der Waals surface area (Å²) in [7, 11) is 0. The average Bonchev–Trinajstić information content (AvgIpc) is 3.56. The zero-order chi connectivity index (χ0) is 39.6. The van der Waals surface area contributed by atoms with Gasteiger partial charge in [-0.25, -0.2) is 4.79 Å². The van der Waals surface area contributed by atoms with Gasteiger partial charge in [-0.2, -0.15) is 0 Å². The lowest BCUT2D eigenvalue weighted by molar-refractivity contribution is -0.157. The Morgan fingerprint density at radius 3 is 1.64 bits per heavy atom. The van der Waals surface area contributed by atoms with E-state index >= 15 is 0 Å². The lowest BCUT2D eigenvalue weighted by atomic mass is 9.54. The number of rotatable bonds is 8. The van der Waals surface area contributed by atoms with Gasteiger partial charge < -0.3 is 24.4 Å². The van der Waals surface area contributed by atoms with Crippen LogP contribution >= 0.6 is 0 Å². The van der Waals surface area contributed by atoms with Gasteiger partial charge in [-0.05, 0) is 104 Å². The SMILES string of the molecule is C=CC(=O)Oc1ccc(C2(c3ccc(OC(=O)C4CC5(O)c6ccccc6C4(O)c4ccc(Oc6ccccc6)cc45)cc3)c3ccccc3-c3ccccc32)cc1. The summed E-state index contributed by atoms with van der Waals surface area (Å²) < 4.78 is 17.6. The molecular formula is C51H36O7. The predicted molar refractivity (Wildman–Crippen MR) is 219 cm³/mol. The molecule has 0 fully saturated rings. The predicted octanol–water partition coefficient (Wildman–Crippen LogP) is 9.34. The summed E-state index contributed by atoms with van der Waals surface area (Å²) in [5.41, 5.74) is 4.09. The molecule has 0 saturated carbocycles. The molecule has 0 amide bonds. The van der Waals surface area contributed by atoms with Gasteiger partial charge in [-0.15, -0.1) is 0 Å². The van der Waals surface area contributed by atoms with E-state index in [-0.39, 0.29) is 6.42 Å². The molecule has 4 aliphatic rings. The van der Waals surface area contributed by atoms with Crippen LogP contribution in [0.4, 0.5) is 0 Å². The van der Waals surface area contributed by atoms with Crippen molar-refractivity contribution in [3.63, 3.8) is 0 Å². The van der Waals surface area contributed by atoms with E-state index in [9.17, 15) is 19.8 Å². The van der Waals surface area contributed by atoms with E-state index in [0.717, 1.165) is 39.5 Å². The van der Waals surface area contributed by atoms with Crippen LogP contribution in [-0.4, -0.2) is 22.2 Å². The molecule has 2 N–H and O–H groups in total. The number of hydrogen-bond donors (Lipinski definition) is 2. The number of hydrogen-bond acceptors (Lipinski definition) is 7. The maximum absolute atomic E-state index is 14.4. The van der Waals surface area contributed by atoms with Crippen LogP contribution in [-0.2, 0) is 26.2 Å². The summed E-state index contributed by atoms with van der Waals surface area (Å²) in [5, 5.41) is 25.3. The van der Waals surface area contributed by atoms with E-state index in [1.807, 2.05) is 84.9 Å². The second-order valence-electron chi connectivity index (χ2n) is 15.0. The molecule has 4 aliphatic carbocycles. The Kier molecular flexibility index (Phi) is 8.09. The van der Waals surface area contributed by atoms with Crippen LogP contribution in [0, 0.1) is 5.92 Å². The van der Waals surface area contributed by atoms with Crippen molar-refractivity contribution in [1.82, 2.24) is 0 Å². The number of benzene rings is 7. The molecule has 0 heterocycles. The highest BCUT2D eigenvalue weighted by Gasteiger charge is 2.62. The lowest BCUT2D eigenvalue weighted by Crippen LogP contribution is -2.57. The van der Waals surface area contributed by atoms with E-state index in [0.29, 0.717) is 45.3 Å². The first-order valence-corrected chi connectivity index (χ1v) is 19.1. The summed E-state index contributed by atoms with van der Waals surface area (Å²) >= 11 is 0. The van der Waals surface area contributed by atoms with Crippen molar-refractivity contribution in [2.75, 3.05) is 0 Å². The molecule has 0 aromatic heterocycles. The lowest BCUT2D eigenvalue weighted by Gasteiger charge is -2.53. The molecule has 7 aromatic rings. The van der Waals surface area contributed by atoms with Gasteiger partial charge in [-0.1, -0.05) is 128 Å². The van der Waals surface area contributed by atoms with Crippen molar-refractivity contribution in [2.45, 2.75) is 23.0 Å². The fraction of sp³-hybridized carbons (Fsp3) is 0.0980. The van der Waals surface area contributed by atoms with E-state index in [1.165, 1.54) is 0 Å². The van der Waals surface area contributed by atoms with Crippen LogP contribution in [0.2, 0.25) is 0 Å². The first kappa shape index (κ1) is 35.4. The molecule has 0 aliphatic heterocycles. The third-order valence-electron chi connectivity index (χ3n) is 12.0. The first-order valence-electron chi connectivity index (χ1n) is 19.1. The van der Waals surface area contributed by atoms with Crippen LogP contribution in [0.25, 0.3) is 11.1 Å². The van der Waals surface area contributed by atoms with Crippen LogP contribution in [0.1, 0.15) is 50.9 Å². The fourth-order valence-corrected chi connectivity index (χ4v) is 9.56. The quantitative estimate of drug-likeness (QED) is 0.0905. The number of carbonyl (C=O) groups is 2. The molecule has 7 heteroatoms.